The number of para-hydroxylation sites is 1. The average molecular weight is 209 g/mol. The Labute approximate surface area is 93.9 Å². The minimum absolute atomic E-state index is 0.759. The van der Waals surface area contributed by atoms with Crippen LogP contribution in [0.25, 0.3) is 17.0 Å². The van der Waals surface area contributed by atoms with Gasteiger partial charge in [-0.3, -0.25) is 9.78 Å². The van der Waals surface area contributed by atoms with Gasteiger partial charge in [-0.2, -0.15) is 0 Å². The number of benzene rings is 1. The van der Waals surface area contributed by atoms with Crippen molar-refractivity contribution >= 4 is 23.3 Å². The number of nitrogens with zero attached hydrogens (tertiary/aromatic N) is 1. The van der Waals surface area contributed by atoms with Gasteiger partial charge in [0.05, 0.1) is 5.52 Å². The Morgan fingerprint density at radius 2 is 1.88 bits per heavy atom. The number of rotatable bonds is 3. The quantitative estimate of drug-likeness (QED) is 0.442. The molecule has 0 saturated carbocycles. The van der Waals surface area contributed by atoms with E-state index in [9.17, 15) is 4.79 Å². The minimum atomic E-state index is 0.759. The first kappa shape index (κ1) is 10.3. The van der Waals surface area contributed by atoms with Crippen LogP contribution in [0.5, 0.6) is 0 Å². The number of pyridine rings is 1. The van der Waals surface area contributed by atoms with Crippen LogP contribution in [0, 0.1) is 0 Å². The molecule has 78 valence electrons. The highest BCUT2D eigenvalue weighted by Gasteiger charge is 1.96. The number of fused-ring (bicyclic) bond motifs is 1. The normalized spacial score (nSPS) is 11.5. The van der Waals surface area contributed by atoms with Crippen LogP contribution in [-0.2, 0) is 4.79 Å². The third kappa shape index (κ3) is 2.23. The fraction of sp³-hybridized carbons (Fsp3) is 0. The van der Waals surface area contributed by atoms with E-state index in [-0.39, 0.29) is 0 Å². The molecule has 0 unspecified atom stereocenters. The Morgan fingerprint density at radius 1 is 1.00 bits per heavy atom. The predicted molar refractivity (Wildman–Crippen MR) is 66.0 cm³/mol. The van der Waals surface area contributed by atoms with Gasteiger partial charge in [0.25, 0.3) is 0 Å². The van der Waals surface area contributed by atoms with Gasteiger partial charge in [0, 0.05) is 11.6 Å². The molecular weight excluding hydrogens is 198 g/mol. The van der Waals surface area contributed by atoms with Crippen molar-refractivity contribution in [1.82, 2.24) is 4.98 Å². The molecule has 0 aliphatic rings. The second-order valence-corrected chi connectivity index (χ2v) is 3.30. The van der Waals surface area contributed by atoms with Crippen LogP contribution in [0.3, 0.4) is 0 Å². The first-order chi connectivity index (χ1) is 7.92. The number of carbonyl (C=O) groups is 1. The summed E-state index contributed by atoms with van der Waals surface area (Å²) in [6.07, 6.45) is 9.52. The van der Waals surface area contributed by atoms with E-state index in [2.05, 4.69) is 4.98 Å². The molecular formula is C14H11NO. The Morgan fingerprint density at radius 3 is 2.75 bits per heavy atom. The third-order valence-corrected chi connectivity index (χ3v) is 2.26. The summed E-state index contributed by atoms with van der Waals surface area (Å²) in [7, 11) is 0. The number of carbonyl (C=O) groups excluding carboxylic acids is 1. The monoisotopic (exact) mass is 209 g/mol. The van der Waals surface area contributed by atoms with Crippen molar-refractivity contribution in [3.8, 4) is 0 Å². The summed E-state index contributed by atoms with van der Waals surface area (Å²) in [6, 6.07) is 9.92. The molecule has 2 aromatic rings. The molecule has 2 nitrogen and oxygen atoms in total. The van der Waals surface area contributed by atoms with E-state index in [1.807, 2.05) is 42.5 Å². The molecule has 16 heavy (non-hydrogen) atoms. The molecule has 0 amide bonds. The molecule has 1 aromatic heterocycles. The van der Waals surface area contributed by atoms with Gasteiger partial charge in [-0.15, -0.1) is 0 Å². The fourth-order valence-electron chi connectivity index (χ4n) is 1.53. The number of allylic oxidation sites excluding steroid dienone is 3. The molecule has 2 heteroatoms. The van der Waals surface area contributed by atoms with Crippen molar-refractivity contribution in [2.24, 2.45) is 0 Å². The van der Waals surface area contributed by atoms with Crippen molar-refractivity contribution in [2.45, 2.75) is 0 Å². The van der Waals surface area contributed by atoms with E-state index in [1.54, 1.807) is 12.3 Å². The Bertz CT molecular complexity index is 550. The lowest BCUT2D eigenvalue weighted by Gasteiger charge is -1.99. The summed E-state index contributed by atoms with van der Waals surface area (Å²) in [5.74, 6) is 0. The lowest BCUT2D eigenvalue weighted by atomic mass is 10.1. The van der Waals surface area contributed by atoms with Gasteiger partial charge in [-0.25, -0.2) is 0 Å². The van der Waals surface area contributed by atoms with E-state index >= 15 is 0 Å². The highest BCUT2D eigenvalue weighted by atomic mass is 16.1. The standard InChI is InChI=1S/C14H11NO/c16-11-5-1-2-6-12-9-10-15-14-8-4-3-7-13(12)14/h1-11H. The lowest BCUT2D eigenvalue weighted by molar-refractivity contribution is -0.104. The van der Waals surface area contributed by atoms with Gasteiger partial charge < -0.3 is 0 Å². The summed E-state index contributed by atoms with van der Waals surface area (Å²) in [5.41, 5.74) is 2.07. The summed E-state index contributed by atoms with van der Waals surface area (Å²) in [6.45, 7) is 0. The van der Waals surface area contributed by atoms with Crippen LogP contribution in [-0.4, -0.2) is 11.3 Å². The SMILES string of the molecule is O=CC=CC=Cc1ccnc2ccccc12. The number of hydrogen-bond donors (Lipinski definition) is 0. The Hall–Kier alpha value is -2.22. The molecule has 0 N–H and O–H groups in total. The summed E-state index contributed by atoms with van der Waals surface area (Å²) < 4.78 is 0. The highest BCUT2D eigenvalue weighted by molar-refractivity contribution is 5.87. The first-order valence-corrected chi connectivity index (χ1v) is 5.04. The molecule has 0 aliphatic carbocycles. The highest BCUT2D eigenvalue weighted by Crippen LogP contribution is 2.17. The van der Waals surface area contributed by atoms with Crippen molar-refractivity contribution < 1.29 is 4.79 Å². The van der Waals surface area contributed by atoms with Crippen LogP contribution in [0.1, 0.15) is 5.56 Å². The second-order valence-electron chi connectivity index (χ2n) is 3.30. The molecule has 0 fully saturated rings. The van der Waals surface area contributed by atoms with E-state index in [0.717, 1.165) is 22.8 Å². The van der Waals surface area contributed by atoms with E-state index in [1.165, 1.54) is 6.08 Å². The Kier molecular flexibility index (Phi) is 3.24. The lowest BCUT2D eigenvalue weighted by Crippen LogP contribution is -1.80. The Balaban J connectivity index is 2.41. The predicted octanol–water partition coefficient (Wildman–Crippen LogP) is 3.00. The molecule has 0 aliphatic heterocycles. The number of aromatic nitrogens is 1. The molecule has 0 radical (unpaired) electrons. The maximum atomic E-state index is 10.1. The van der Waals surface area contributed by atoms with Gasteiger partial charge in [0.2, 0.25) is 0 Å². The largest absolute Gasteiger partial charge is 0.299 e. The van der Waals surface area contributed by atoms with Crippen molar-refractivity contribution in [3.63, 3.8) is 0 Å². The van der Waals surface area contributed by atoms with E-state index in [0.29, 0.717) is 0 Å². The van der Waals surface area contributed by atoms with Crippen LogP contribution < -0.4 is 0 Å². The van der Waals surface area contributed by atoms with Crippen LogP contribution >= 0.6 is 0 Å². The van der Waals surface area contributed by atoms with E-state index < -0.39 is 0 Å². The van der Waals surface area contributed by atoms with Crippen LogP contribution in [0.2, 0.25) is 0 Å². The minimum Gasteiger partial charge on any atom is -0.299 e. The van der Waals surface area contributed by atoms with Gasteiger partial charge in [0.1, 0.15) is 6.29 Å². The second kappa shape index (κ2) is 5.03. The van der Waals surface area contributed by atoms with Crippen LogP contribution in [0.4, 0.5) is 0 Å². The number of aldehydes is 1. The molecule has 1 heterocycles. The molecule has 2 rings (SSSR count). The first-order valence-electron chi connectivity index (χ1n) is 5.04. The third-order valence-electron chi connectivity index (χ3n) is 2.26. The average Bonchev–Trinajstić information content (AvgIpc) is 2.35. The van der Waals surface area contributed by atoms with Gasteiger partial charge in [-0.05, 0) is 23.8 Å². The van der Waals surface area contributed by atoms with Crippen molar-refractivity contribution in [1.29, 1.82) is 0 Å². The zero-order chi connectivity index (χ0) is 11.2. The molecule has 0 bridgehead atoms. The zero-order valence-corrected chi connectivity index (χ0v) is 8.71. The molecule has 1 aromatic carbocycles. The van der Waals surface area contributed by atoms with Crippen molar-refractivity contribution in [2.75, 3.05) is 0 Å². The smallest absolute Gasteiger partial charge is 0.142 e. The van der Waals surface area contributed by atoms with E-state index in [4.69, 9.17) is 0 Å². The molecule has 0 atom stereocenters. The summed E-state index contributed by atoms with van der Waals surface area (Å²) >= 11 is 0. The molecule has 0 saturated heterocycles. The van der Waals surface area contributed by atoms with Gasteiger partial charge in [-0.1, -0.05) is 36.4 Å². The van der Waals surface area contributed by atoms with Gasteiger partial charge in [0.15, 0.2) is 0 Å². The maximum absolute atomic E-state index is 10.1. The fourth-order valence-corrected chi connectivity index (χ4v) is 1.53. The summed E-state index contributed by atoms with van der Waals surface area (Å²) in [5, 5.41) is 1.11. The number of hydrogen-bond acceptors (Lipinski definition) is 2. The summed E-state index contributed by atoms with van der Waals surface area (Å²) in [4.78, 5) is 14.4. The zero-order valence-electron chi connectivity index (χ0n) is 8.71. The van der Waals surface area contributed by atoms with Gasteiger partial charge >= 0.3 is 0 Å². The molecule has 0 spiro atoms. The topological polar surface area (TPSA) is 30.0 Å². The van der Waals surface area contributed by atoms with Crippen molar-refractivity contribution in [3.05, 3.63) is 60.3 Å². The maximum Gasteiger partial charge on any atom is 0.142 e. The van der Waals surface area contributed by atoms with Crippen LogP contribution in [0.15, 0.2) is 54.8 Å².